The second kappa shape index (κ2) is 6.71. The number of benzene rings is 1. The van der Waals surface area contributed by atoms with E-state index in [1.807, 2.05) is 0 Å². The fourth-order valence-corrected chi connectivity index (χ4v) is 2.33. The molecule has 0 saturated carbocycles. The van der Waals surface area contributed by atoms with Gasteiger partial charge in [-0.3, -0.25) is 0 Å². The van der Waals surface area contributed by atoms with Crippen molar-refractivity contribution in [3.05, 3.63) is 18.2 Å². The van der Waals surface area contributed by atoms with Crippen LogP contribution in [0.3, 0.4) is 0 Å². The fourth-order valence-electron chi connectivity index (χ4n) is 0.957. The summed E-state index contributed by atoms with van der Waals surface area (Å²) in [5, 5.41) is 9.19. The van der Waals surface area contributed by atoms with Crippen LogP contribution < -0.4 is 11.8 Å². The summed E-state index contributed by atoms with van der Waals surface area (Å²) >= 11 is 0. The van der Waals surface area contributed by atoms with Crippen LogP contribution in [0.1, 0.15) is 0 Å². The molecule has 0 amide bonds. The molecule has 0 fully saturated rings. The molecule has 0 heterocycles. The van der Waals surface area contributed by atoms with E-state index in [2.05, 4.69) is 20.4 Å². The maximum atomic E-state index is 11.2. The molecule has 1 rings (SSSR count). The average Bonchev–Trinajstić information content (AvgIpc) is 2.28. The summed E-state index contributed by atoms with van der Waals surface area (Å²) in [6.45, 7) is 0. The Morgan fingerprint density at radius 1 is 0.889 bits per heavy atom. The summed E-state index contributed by atoms with van der Waals surface area (Å²) in [5.41, 5.74) is 0. The van der Waals surface area contributed by atoms with Crippen LogP contribution in [0.4, 0.5) is 0 Å². The van der Waals surface area contributed by atoms with Gasteiger partial charge in [0, 0.05) is 63.5 Å². The average molecular weight is 323 g/mol. The van der Waals surface area contributed by atoms with Gasteiger partial charge in [-0.25, -0.2) is 0 Å². The molecule has 0 aromatic heterocycles. The van der Waals surface area contributed by atoms with Gasteiger partial charge in [-0.2, -0.15) is 37.2 Å². The Kier molecular flexibility index (Phi) is 6.86. The van der Waals surface area contributed by atoms with Gasteiger partial charge in [-0.1, -0.05) is 0 Å². The van der Waals surface area contributed by atoms with Gasteiger partial charge in [-0.15, -0.1) is 0 Å². The summed E-state index contributed by atoms with van der Waals surface area (Å²) in [4.78, 5) is -1.31. The first kappa shape index (κ1) is 18.4. The molecule has 1 radical (unpaired) electrons. The van der Waals surface area contributed by atoms with E-state index in [4.69, 9.17) is 0 Å². The molecule has 1 aromatic carbocycles. The van der Waals surface area contributed by atoms with Crippen LogP contribution in [0.5, 0.6) is 5.75 Å². The molecule has 18 heavy (non-hydrogen) atoms. The van der Waals surface area contributed by atoms with Crippen LogP contribution in [0.25, 0.3) is 0 Å². The van der Waals surface area contributed by atoms with Gasteiger partial charge in [0.25, 0.3) is 0 Å². The molecule has 0 aliphatic heterocycles. The SMILES string of the molecule is NOS(=O)(=O)c1cc(O)cc(S(=O)(=O)ON)c1.[K]. The van der Waals surface area contributed by atoms with E-state index in [1.165, 1.54) is 0 Å². The van der Waals surface area contributed by atoms with Gasteiger partial charge in [0.05, 0.1) is 0 Å². The summed E-state index contributed by atoms with van der Waals surface area (Å²) in [6.07, 6.45) is 0. The maximum absolute atomic E-state index is 11.2. The Labute approximate surface area is 146 Å². The van der Waals surface area contributed by atoms with Gasteiger partial charge >= 0.3 is 20.2 Å². The minimum absolute atomic E-state index is 0. The van der Waals surface area contributed by atoms with Crippen molar-refractivity contribution >= 4 is 71.6 Å². The standard InChI is InChI=1S/C6H8N2O7S2.K/c7-14-16(10,11)5-1-4(9)2-6(3-5)17(12,13)15-8;/h1-3,9H,7-8H2;. The zero-order valence-electron chi connectivity index (χ0n) is 9.10. The van der Waals surface area contributed by atoms with Crippen LogP contribution in [0, 0.1) is 0 Å². The summed E-state index contributed by atoms with van der Waals surface area (Å²) in [7, 11) is -8.71. The predicted molar refractivity (Wildman–Crippen MR) is 58.8 cm³/mol. The van der Waals surface area contributed by atoms with Crippen LogP contribution >= 0.6 is 0 Å². The Hall–Kier alpha value is 0.396. The molecule has 0 aliphatic carbocycles. The van der Waals surface area contributed by atoms with E-state index < -0.39 is 35.8 Å². The van der Waals surface area contributed by atoms with Crippen LogP contribution in [-0.2, 0) is 28.8 Å². The second-order valence-electron chi connectivity index (χ2n) is 2.76. The van der Waals surface area contributed by atoms with E-state index >= 15 is 0 Å². The number of phenols is 1. The van der Waals surface area contributed by atoms with E-state index in [0.717, 1.165) is 12.1 Å². The van der Waals surface area contributed by atoms with Crippen LogP contribution in [0.2, 0.25) is 0 Å². The fraction of sp³-hybridized carbons (Fsp3) is 0. The second-order valence-corrected chi connectivity index (χ2v) is 5.91. The molecule has 1 aromatic rings. The molecule has 5 N–H and O–H groups in total. The molecular formula is C6H8KN2O7S2. The maximum Gasteiger partial charge on any atom is 0.312 e. The van der Waals surface area contributed by atoms with E-state index in [0.29, 0.717) is 6.07 Å². The topological polar surface area (TPSA) is 159 Å². The summed E-state index contributed by atoms with van der Waals surface area (Å²) in [6, 6.07) is 2.17. The van der Waals surface area contributed by atoms with Crippen molar-refractivity contribution in [2.24, 2.45) is 11.8 Å². The van der Waals surface area contributed by atoms with Gasteiger partial charge in [-0.05, 0) is 6.07 Å². The molecule has 0 bridgehead atoms. The molecule has 12 heteroatoms. The molecule has 0 saturated heterocycles. The van der Waals surface area contributed by atoms with Crippen molar-refractivity contribution < 1.29 is 30.5 Å². The van der Waals surface area contributed by atoms with Crippen molar-refractivity contribution in [2.75, 3.05) is 0 Å². The largest absolute Gasteiger partial charge is 0.508 e. The predicted octanol–water partition coefficient (Wildman–Crippen LogP) is -1.83. The molecule has 0 atom stereocenters. The van der Waals surface area contributed by atoms with Crippen LogP contribution in [0.15, 0.2) is 28.0 Å². The van der Waals surface area contributed by atoms with Gasteiger partial charge < -0.3 is 5.11 Å². The Balaban J connectivity index is 0.00000289. The molecule has 0 unspecified atom stereocenters. The molecule has 0 aliphatic rings. The zero-order chi connectivity index (χ0) is 13.3. The Morgan fingerprint density at radius 3 is 1.50 bits per heavy atom. The number of aromatic hydroxyl groups is 1. The van der Waals surface area contributed by atoms with Crippen molar-refractivity contribution in [3.8, 4) is 5.75 Å². The third-order valence-corrected chi connectivity index (χ3v) is 3.83. The first-order valence-corrected chi connectivity index (χ1v) is 6.65. The van der Waals surface area contributed by atoms with Crippen molar-refractivity contribution in [2.45, 2.75) is 9.79 Å². The minimum atomic E-state index is -4.35. The number of hydrogen-bond donors (Lipinski definition) is 3. The Bertz CT molecular complexity index is 575. The van der Waals surface area contributed by atoms with E-state index in [1.54, 1.807) is 0 Å². The minimum Gasteiger partial charge on any atom is -0.508 e. The summed E-state index contributed by atoms with van der Waals surface area (Å²) in [5.74, 6) is 8.37. The molecular weight excluding hydrogens is 315 g/mol. The zero-order valence-corrected chi connectivity index (χ0v) is 13.9. The quantitative estimate of drug-likeness (QED) is 0.427. The molecule has 0 spiro atoms. The molecule has 97 valence electrons. The van der Waals surface area contributed by atoms with E-state index in [9.17, 15) is 21.9 Å². The Morgan fingerprint density at radius 2 is 1.22 bits per heavy atom. The normalized spacial score (nSPS) is 11.9. The summed E-state index contributed by atoms with van der Waals surface area (Å²) < 4.78 is 52.1. The van der Waals surface area contributed by atoms with Crippen molar-refractivity contribution in [1.82, 2.24) is 0 Å². The monoisotopic (exact) mass is 323 g/mol. The number of nitrogens with two attached hydrogens (primary N) is 2. The molecule has 9 nitrogen and oxygen atoms in total. The number of phenolic OH excluding ortho intramolecular Hbond substituents is 1. The first-order chi connectivity index (χ1) is 7.73. The van der Waals surface area contributed by atoms with E-state index in [-0.39, 0.29) is 51.4 Å². The smallest absolute Gasteiger partial charge is 0.312 e. The van der Waals surface area contributed by atoms with Gasteiger partial charge in [0.15, 0.2) is 0 Å². The first-order valence-electron chi connectivity index (χ1n) is 3.84. The third kappa shape index (κ3) is 4.21. The van der Waals surface area contributed by atoms with Gasteiger partial charge in [0.1, 0.15) is 15.5 Å². The third-order valence-electron chi connectivity index (χ3n) is 1.70. The van der Waals surface area contributed by atoms with Crippen molar-refractivity contribution in [3.63, 3.8) is 0 Å². The van der Waals surface area contributed by atoms with Crippen molar-refractivity contribution in [1.29, 1.82) is 0 Å². The van der Waals surface area contributed by atoms with Crippen LogP contribution in [-0.4, -0.2) is 73.3 Å². The number of rotatable bonds is 4. The van der Waals surface area contributed by atoms with Gasteiger partial charge in [0.2, 0.25) is 0 Å². The number of hydrogen-bond acceptors (Lipinski definition) is 9.